The van der Waals surface area contributed by atoms with E-state index in [9.17, 15) is 20.0 Å². The van der Waals surface area contributed by atoms with Gasteiger partial charge in [-0.15, -0.1) is 0 Å². The van der Waals surface area contributed by atoms with Gasteiger partial charge in [0.1, 0.15) is 11.4 Å². The Bertz CT molecular complexity index is 883. The molecular formula is C17H15Br2N3O4. The van der Waals surface area contributed by atoms with Crippen molar-refractivity contribution in [3.05, 3.63) is 55.0 Å². The highest BCUT2D eigenvalue weighted by Crippen LogP contribution is 2.35. The molecule has 7 nitrogen and oxygen atoms in total. The highest BCUT2D eigenvalue weighted by molar-refractivity contribution is 9.11. The standard InChI is InChI=1S/C17H15Br2N3O4/c18-10-7-12(16(23)13(19)8-10)17(24)20-11-3-4-14(15(9-11)22(25)26)21-5-1-2-6-21/h3-4,7-9,23H,1-2,5-6H2,(H,20,24). The van der Waals surface area contributed by atoms with Crippen LogP contribution in [0.3, 0.4) is 0 Å². The summed E-state index contributed by atoms with van der Waals surface area (Å²) in [5.41, 5.74) is 0.848. The zero-order chi connectivity index (χ0) is 18.8. The maximum atomic E-state index is 12.5. The van der Waals surface area contributed by atoms with Crippen molar-refractivity contribution >= 4 is 54.8 Å². The van der Waals surface area contributed by atoms with E-state index in [1.165, 1.54) is 12.1 Å². The first kappa shape index (κ1) is 18.7. The maximum absolute atomic E-state index is 12.5. The van der Waals surface area contributed by atoms with E-state index in [4.69, 9.17) is 0 Å². The van der Waals surface area contributed by atoms with Gasteiger partial charge in [-0.1, -0.05) is 15.9 Å². The first-order chi connectivity index (χ1) is 12.4. The predicted octanol–water partition coefficient (Wildman–Crippen LogP) is 4.68. The number of carbonyl (C=O) groups is 1. The van der Waals surface area contributed by atoms with E-state index in [2.05, 4.69) is 37.2 Å². The van der Waals surface area contributed by atoms with Gasteiger partial charge < -0.3 is 15.3 Å². The average molecular weight is 485 g/mol. The Labute approximate surface area is 166 Å². The number of hydrogen-bond acceptors (Lipinski definition) is 5. The largest absolute Gasteiger partial charge is 0.506 e. The smallest absolute Gasteiger partial charge is 0.294 e. The number of phenolic OH excluding ortho intramolecular Hbond substituents is 1. The molecule has 1 aliphatic rings. The fraction of sp³-hybridized carbons (Fsp3) is 0.235. The molecule has 1 heterocycles. The van der Waals surface area contributed by atoms with Crippen molar-refractivity contribution in [2.24, 2.45) is 0 Å². The normalized spacial score (nSPS) is 13.7. The molecule has 1 aliphatic heterocycles. The van der Waals surface area contributed by atoms with Gasteiger partial charge in [0.2, 0.25) is 0 Å². The van der Waals surface area contributed by atoms with Gasteiger partial charge >= 0.3 is 0 Å². The van der Waals surface area contributed by atoms with Crippen LogP contribution < -0.4 is 10.2 Å². The molecule has 0 radical (unpaired) electrons. The SMILES string of the molecule is O=C(Nc1ccc(N2CCCC2)c([N+](=O)[O-])c1)c1cc(Br)cc(Br)c1O. The topological polar surface area (TPSA) is 95.7 Å². The van der Waals surface area contributed by atoms with E-state index in [0.29, 0.717) is 20.3 Å². The van der Waals surface area contributed by atoms with Crippen LogP contribution in [0.5, 0.6) is 5.75 Å². The lowest BCUT2D eigenvalue weighted by atomic mass is 10.1. The zero-order valence-electron chi connectivity index (χ0n) is 13.5. The minimum Gasteiger partial charge on any atom is -0.506 e. The Balaban J connectivity index is 1.89. The van der Waals surface area contributed by atoms with Gasteiger partial charge in [-0.3, -0.25) is 14.9 Å². The molecule has 2 aromatic carbocycles. The van der Waals surface area contributed by atoms with Gasteiger partial charge in [0, 0.05) is 29.3 Å². The molecule has 0 bridgehead atoms. The van der Waals surface area contributed by atoms with Gasteiger partial charge in [0.15, 0.2) is 0 Å². The molecule has 2 aromatic rings. The van der Waals surface area contributed by atoms with Crippen molar-refractivity contribution in [3.63, 3.8) is 0 Å². The number of rotatable bonds is 4. The number of nitro benzene ring substituents is 1. The molecule has 2 N–H and O–H groups in total. The van der Waals surface area contributed by atoms with Crippen LogP contribution in [0.2, 0.25) is 0 Å². The molecule has 1 fully saturated rings. The summed E-state index contributed by atoms with van der Waals surface area (Å²) in [6.45, 7) is 1.57. The molecule has 136 valence electrons. The van der Waals surface area contributed by atoms with Crippen LogP contribution in [-0.2, 0) is 0 Å². The summed E-state index contributed by atoms with van der Waals surface area (Å²) in [5.74, 6) is -0.762. The Morgan fingerprint density at radius 2 is 1.88 bits per heavy atom. The summed E-state index contributed by atoms with van der Waals surface area (Å²) in [7, 11) is 0. The van der Waals surface area contributed by atoms with Crippen LogP contribution in [0.15, 0.2) is 39.3 Å². The van der Waals surface area contributed by atoms with Crippen LogP contribution in [0, 0.1) is 10.1 Å². The maximum Gasteiger partial charge on any atom is 0.294 e. The summed E-state index contributed by atoms with van der Waals surface area (Å²) < 4.78 is 0.982. The molecule has 1 amide bonds. The molecule has 1 saturated heterocycles. The number of anilines is 2. The summed E-state index contributed by atoms with van der Waals surface area (Å²) in [5, 5.41) is 24.1. The number of nitrogens with zero attached hydrogens (tertiary/aromatic N) is 2. The lowest BCUT2D eigenvalue weighted by Crippen LogP contribution is -2.19. The van der Waals surface area contributed by atoms with Crippen LogP contribution in [-0.4, -0.2) is 29.0 Å². The molecule has 0 aromatic heterocycles. The molecule has 9 heteroatoms. The molecule has 0 saturated carbocycles. The number of phenols is 1. The van der Waals surface area contributed by atoms with Crippen LogP contribution >= 0.6 is 31.9 Å². The number of nitro groups is 1. The Morgan fingerprint density at radius 1 is 1.19 bits per heavy atom. The van der Waals surface area contributed by atoms with Crippen molar-refractivity contribution in [2.45, 2.75) is 12.8 Å². The van der Waals surface area contributed by atoms with E-state index in [-0.39, 0.29) is 17.0 Å². The Hall–Kier alpha value is -2.13. The second kappa shape index (κ2) is 7.63. The van der Waals surface area contributed by atoms with Gasteiger partial charge in [-0.25, -0.2) is 0 Å². The lowest BCUT2D eigenvalue weighted by Gasteiger charge is -2.18. The van der Waals surface area contributed by atoms with E-state index < -0.39 is 10.8 Å². The van der Waals surface area contributed by atoms with Crippen molar-refractivity contribution in [2.75, 3.05) is 23.3 Å². The minimum absolute atomic E-state index is 0.0515. The van der Waals surface area contributed by atoms with Gasteiger partial charge in [-0.2, -0.15) is 0 Å². The fourth-order valence-corrected chi connectivity index (χ4v) is 4.14. The van der Waals surface area contributed by atoms with Crippen LogP contribution in [0.4, 0.5) is 17.1 Å². The fourth-order valence-electron chi connectivity index (χ4n) is 2.91. The zero-order valence-corrected chi connectivity index (χ0v) is 16.7. The first-order valence-corrected chi connectivity index (χ1v) is 9.48. The third-order valence-corrected chi connectivity index (χ3v) is 5.21. The Kier molecular flexibility index (Phi) is 5.47. The van der Waals surface area contributed by atoms with E-state index in [1.807, 2.05) is 4.90 Å². The van der Waals surface area contributed by atoms with Gasteiger partial charge in [0.05, 0.1) is 15.0 Å². The predicted molar refractivity (Wildman–Crippen MR) is 106 cm³/mol. The van der Waals surface area contributed by atoms with Crippen LogP contribution in [0.1, 0.15) is 23.2 Å². The summed E-state index contributed by atoms with van der Waals surface area (Å²) >= 11 is 6.44. The van der Waals surface area contributed by atoms with Crippen molar-refractivity contribution in [1.82, 2.24) is 0 Å². The molecule has 26 heavy (non-hydrogen) atoms. The number of hydrogen-bond donors (Lipinski definition) is 2. The molecule has 0 unspecified atom stereocenters. The molecule has 0 aliphatic carbocycles. The van der Waals surface area contributed by atoms with Crippen LogP contribution in [0.25, 0.3) is 0 Å². The molecule has 0 spiro atoms. The van der Waals surface area contributed by atoms with Gasteiger partial charge in [0.25, 0.3) is 11.6 Å². The third-order valence-electron chi connectivity index (χ3n) is 4.15. The highest BCUT2D eigenvalue weighted by atomic mass is 79.9. The lowest BCUT2D eigenvalue weighted by molar-refractivity contribution is -0.384. The van der Waals surface area contributed by atoms with E-state index in [0.717, 1.165) is 25.9 Å². The number of nitrogens with one attached hydrogen (secondary N) is 1. The van der Waals surface area contributed by atoms with E-state index >= 15 is 0 Å². The summed E-state index contributed by atoms with van der Waals surface area (Å²) in [6.07, 6.45) is 2.01. The van der Waals surface area contributed by atoms with Crippen molar-refractivity contribution in [1.29, 1.82) is 0 Å². The van der Waals surface area contributed by atoms with E-state index in [1.54, 1.807) is 18.2 Å². The number of carbonyl (C=O) groups excluding carboxylic acids is 1. The van der Waals surface area contributed by atoms with Gasteiger partial charge in [-0.05, 0) is 53.0 Å². The average Bonchev–Trinajstić information content (AvgIpc) is 3.12. The van der Waals surface area contributed by atoms with Crippen molar-refractivity contribution in [3.8, 4) is 5.75 Å². The molecule has 0 atom stereocenters. The molecular weight excluding hydrogens is 470 g/mol. The second-order valence-electron chi connectivity index (χ2n) is 5.89. The monoisotopic (exact) mass is 483 g/mol. The number of aromatic hydroxyl groups is 1. The Morgan fingerprint density at radius 3 is 2.54 bits per heavy atom. The quantitative estimate of drug-likeness (QED) is 0.485. The number of benzene rings is 2. The highest BCUT2D eigenvalue weighted by Gasteiger charge is 2.23. The second-order valence-corrected chi connectivity index (χ2v) is 7.66. The first-order valence-electron chi connectivity index (χ1n) is 7.89. The summed E-state index contributed by atoms with van der Waals surface area (Å²) in [6, 6.07) is 7.71. The minimum atomic E-state index is -0.562. The summed E-state index contributed by atoms with van der Waals surface area (Å²) in [4.78, 5) is 25.4. The number of amides is 1. The molecule has 3 rings (SSSR count). The third kappa shape index (κ3) is 3.83. The van der Waals surface area contributed by atoms with Crippen molar-refractivity contribution < 1.29 is 14.8 Å². The number of halogens is 2.